The maximum atomic E-state index is 11.8. The summed E-state index contributed by atoms with van der Waals surface area (Å²) >= 11 is 0. The van der Waals surface area contributed by atoms with Gasteiger partial charge in [0.25, 0.3) is 0 Å². The summed E-state index contributed by atoms with van der Waals surface area (Å²) in [6.45, 7) is 13.1. The Morgan fingerprint density at radius 3 is 2.59 bits per heavy atom. The fourth-order valence-electron chi connectivity index (χ4n) is 2.30. The molecule has 1 aliphatic rings. The van der Waals surface area contributed by atoms with Gasteiger partial charge in [0, 0.05) is 27.0 Å². The molecule has 1 atom stereocenters. The van der Waals surface area contributed by atoms with Crippen LogP contribution in [0.5, 0.6) is 0 Å². The number of Topliss-reactive ketones (excluding diaryl/α,β-unsaturated/α-hetero) is 1. The van der Waals surface area contributed by atoms with Crippen molar-refractivity contribution in [2.75, 3.05) is 13.2 Å². The van der Waals surface area contributed by atoms with Crippen molar-refractivity contribution < 1.29 is 9.53 Å². The first kappa shape index (κ1) is 14.9. The fourth-order valence-corrected chi connectivity index (χ4v) is 3.06. The first-order valence-electron chi connectivity index (χ1n) is 6.80. The van der Waals surface area contributed by atoms with Crippen molar-refractivity contribution >= 4 is 13.9 Å². The van der Waals surface area contributed by atoms with Gasteiger partial charge in [-0.15, -0.1) is 0 Å². The summed E-state index contributed by atoms with van der Waals surface area (Å²) in [6.07, 6.45) is 2.78. The van der Waals surface area contributed by atoms with Crippen LogP contribution in [0.3, 0.4) is 0 Å². The summed E-state index contributed by atoms with van der Waals surface area (Å²) in [5.41, 5.74) is 0.320. The number of ether oxygens (including phenoxy) is 1. The van der Waals surface area contributed by atoms with E-state index in [-0.39, 0.29) is 5.92 Å². The molecule has 0 amide bonds. The van der Waals surface area contributed by atoms with Crippen molar-refractivity contribution in [3.63, 3.8) is 0 Å². The highest BCUT2D eigenvalue weighted by atomic mass is 28.3. The Morgan fingerprint density at radius 2 is 2.00 bits per heavy atom. The van der Waals surface area contributed by atoms with E-state index in [1.165, 1.54) is 6.04 Å². The Hall–Kier alpha value is -0.153. The number of carbonyl (C=O) groups is 1. The van der Waals surface area contributed by atoms with E-state index in [1.807, 2.05) is 0 Å². The van der Waals surface area contributed by atoms with E-state index in [1.54, 1.807) is 0 Å². The van der Waals surface area contributed by atoms with Crippen LogP contribution in [-0.2, 0) is 9.53 Å². The van der Waals surface area contributed by atoms with Crippen molar-refractivity contribution in [2.24, 2.45) is 11.3 Å². The van der Waals surface area contributed by atoms with E-state index < -0.39 is 8.07 Å². The molecule has 1 rings (SSSR count). The van der Waals surface area contributed by atoms with Gasteiger partial charge in [-0.25, -0.2) is 0 Å². The van der Waals surface area contributed by atoms with E-state index in [4.69, 9.17) is 4.74 Å². The predicted molar refractivity (Wildman–Crippen MR) is 75.1 cm³/mol. The molecule has 0 aromatic heterocycles. The van der Waals surface area contributed by atoms with E-state index in [0.29, 0.717) is 17.8 Å². The lowest BCUT2D eigenvalue weighted by Crippen LogP contribution is -2.33. The minimum Gasteiger partial charge on any atom is -0.381 e. The Kier molecular flexibility index (Phi) is 4.96. The smallest absolute Gasteiger partial charge is 0.138 e. The second-order valence-electron chi connectivity index (χ2n) is 7.42. The highest BCUT2D eigenvalue weighted by molar-refractivity contribution is 6.76. The molecule has 0 bridgehead atoms. The highest BCUT2D eigenvalue weighted by Gasteiger charge is 2.33. The van der Waals surface area contributed by atoms with E-state index >= 15 is 0 Å². The zero-order chi connectivity index (χ0) is 13.1. The highest BCUT2D eigenvalue weighted by Crippen LogP contribution is 2.36. The number of hydrogen-bond donors (Lipinski definition) is 0. The molecule has 3 heteroatoms. The van der Waals surface area contributed by atoms with Crippen LogP contribution in [-0.4, -0.2) is 27.1 Å². The number of ketones is 1. The quantitative estimate of drug-likeness (QED) is 0.553. The second kappa shape index (κ2) is 5.66. The van der Waals surface area contributed by atoms with Gasteiger partial charge in [0.2, 0.25) is 0 Å². The standard InChI is InChI=1S/C14H28O2Si/c1-14(2)7-6-13(15)12(10-14)11-16-8-9-17(3,4)5/h12H,6-11H2,1-5H3. The molecule has 100 valence electrons. The van der Waals surface area contributed by atoms with Crippen molar-refractivity contribution in [1.82, 2.24) is 0 Å². The van der Waals surface area contributed by atoms with Gasteiger partial charge in [-0.2, -0.15) is 0 Å². The molecule has 0 aliphatic heterocycles. The van der Waals surface area contributed by atoms with Gasteiger partial charge in [-0.05, 0) is 24.3 Å². The van der Waals surface area contributed by atoms with Crippen LogP contribution in [0.15, 0.2) is 0 Å². The molecular weight excluding hydrogens is 228 g/mol. The van der Waals surface area contributed by atoms with Crippen LogP contribution in [0.25, 0.3) is 0 Å². The SMILES string of the molecule is CC1(C)CCC(=O)C(COCC[Si](C)(C)C)C1. The van der Waals surface area contributed by atoms with Crippen LogP contribution in [0.2, 0.25) is 25.7 Å². The minimum absolute atomic E-state index is 0.153. The molecule has 2 nitrogen and oxygen atoms in total. The van der Waals surface area contributed by atoms with Crippen LogP contribution >= 0.6 is 0 Å². The first-order valence-corrected chi connectivity index (χ1v) is 10.5. The van der Waals surface area contributed by atoms with E-state index in [9.17, 15) is 4.79 Å². The largest absolute Gasteiger partial charge is 0.381 e. The summed E-state index contributed by atoms with van der Waals surface area (Å²) in [4.78, 5) is 11.8. The summed E-state index contributed by atoms with van der Waals surface area (Å²) in [5, 5.41) is 0. The predicted octanol–water partition coefficient (Wildman–Crippen LogP) is 3.74. The number of hydrogen-bond acceptors (Lipinski definition) is 2. The van der Waals surface area contributed by atoms with Crippen molar-refractivity contribution in [1.29, 1.82) is 0 Å². The molecule has 0 aromatic carbocycles. The maximum absolute atomic E-state index is 11.8. The van der Waals surface area contributed by atoms with Crippen LogP contribution < -0.4 is 0 Å². The first-order chi connectivity index (χ1) is 7.70. The molecule has 17 heavy (non-hydrogen) atoms. The van der Waals surface area contributed by atoms with Crippen molar-refractivity contribution in [3.05, 3.63) is 0 Å². The molecule has 1 unspecified atom stereocenters. The Labute approximate surface area is 107 Å². The van der Waals surface area contributed by atoms with Gasteiger partial charge in [-0.3, -0.25) is 4.79 Å². The molecular formula is C14H28O2Si. The monoisotopic (exact) mass is 256 g/mol. The molecule has 1 fully saturated rings. The third-order valence-electron chi connectivity index (χ3n) is 3.62. The van der Waals surface area contributed by atoms with Gasteiger partial charge >= 0.3 is 0 Å². The van der Waals surface area contributed by atoms with Gasteiger partial charge in [0.1, 0.15) is 5.78 Å². The maximum Gasteiger partial charge on any atom is 0.138 e. The van der Waals surface area contributed by atoms with Crippen molar-refractivity contribution in [2.45, 2.75) is 58.8 Å². The Bertz CT molecular complexity index is 266. The Morgan fingerprint density at radius 1 is 1.35 bits per heavy atom. The molecule has 0 radical (unpaired) electrons. The molecule has 0 N–H and O–H groups in total. The van der Waals surface area contributed by atoms with Crippen LogP contribution in [0.4, 0.5) is 0 Å². The van der Waals surface area contributed by atoms with Gasteiger partial charge in [-0.1, -0.05) is 33.5 Å². The molecule has 1 saturated carbocycles. The zero-order valence-corrected chi connectivity index (χ0v) is 13.1. The zero-order valence-electron chi connectivity index (χ0n) is 12.1. The van der Waals surface area contributed by atoms with E-state index in [0.717, 1.165) is 25.9 Å². The van der Waals surface area contributed by atoms with E-state index in [2.05, 4.69) is 33.5 Å². The van der Waals surface area contributed by atoms with Crippen LogP contribution in [0, 0.1) is 11.3 Å². The lowest BCUT2D eigenvalue weighted by atomic mass is 9.72. The van der Waals surface area contributed by atoms with Gasteiger partial charge < -0.3 is 4.74 Å². The second-order valence-corrected chi connectivity index (χ2v) is 13.0. The average Bonchev–Trinajstić information content (AvgIpc) is 2.16. The average molecular weight is 256 g/mol. The summed E-state index contributed by atoms with van der Waals surface area (Å²) in [7, 11) is -0.999. The van der Waals surface area contributed by atoms with Crippen molar-refractivity contribution in [3.8, 4) is 0 Å². The normalized spacial score (nSPS) is 25.0. The molecule has 0 heterocycles. The summed E-state index contributed by atoms with van der Waals surface area (Å²) < 4.78 is 5.73. The third-order valence-corrected chi connectivity index (χ3v) is 5.32. The lowest BCUT2D eigenvalue weighted by Gasteiger charge is -2.34. The minimum atomic E-state index is -0.999. The fraction of sp³-hybridized carbons (Fsp3) is 0.929. The summed E-state index contributed by atoms with van der Waals surface area (Å²) in [6, 6.07) is 1.19. The number of carbonyl (C=O) groups excluding carboxylic acids is 1. The lowest BCUT2D eigenvalue weighted by molar-refractivity contribution is -0.129. The molecule has 0 spiro atoms. The molecule has 0 aromatic rings. The molecule has 1 aliphatic carbocycles. The summed E-state index contributed by atoms with van der Waals surface area (Å²) in [5.74, 6) is 0.567. The number of rotatable bonds is 5. The van der Waals surface area contributed by atoms with Crippen LogP contribution in [0.1, 0.15) is 33.1 Å². The van der Waals surface area contributed by atoms with Gasteiger partial charge in [0.05, 0.1) is 6.61 Å². The third kappa shape index (κ3) is 5.82. The topological polar surface area (TPSA) is 26.3 Å². The molecule has 0 saturated heterocycles. The Balaban J connectivity index is 2.28. The van der Waals surface area contributed by atoms with Gasteiger partial charge in [0.15, 0.2) is 0 Å².